The van der Waals surface area contributed by atoms with Gasteiger partial charge in [-0.25, -0.2) is 0 Å². The van der Waals surface area contributed by atoms with E-state index in [9.17, 15) is 10.2 Å². The van der Waals surface area contributed by atoms with Crippen LogP contribution in [0.4, 0.5) is 0 Å². The van der Waals surface area contributed by atoms with Gasteiger partial charge in [-0.15, -0.1) is 0 Å². The monoisotopic (exact) mass is 446 g/mol. The molecule has 4 aliphatic rings. The Hall–Kier alpha value is -0.0800. The molecule has 4 fully saturated rings. The van der Waals surface area contributed by atoms with Gasteiger partial charge < -0.3 is 10.2 Å². The Balaban J connectivity index is 1.59. The first-order valence-electron chi connectivity index (χ1n) is 14.2. The summed E-state index contributed by atoms with van der Waals surface area (Å²) in [6.07, 6.45) is 12.1. The average Bonchev–Trinajstić information content (AvgIpc) is 3.04. The summed E-state index contributed by atoms with van der Waals surface area (Å²) in [6.45, 7) is 19.1. The minimum atomic E-state index is -0.606. The first kappa shape index (κ1) is 25.0. The summed E-state index contributed by atoms with van der Waals surface area (Å²) < 4.78 is 0. The van der Waals surface area contributed by atoms with Gasteiger partial charge in [0.1, 0.15) is 0 Å². The lowest BCUT2D eigenvalue weighted by atomic mass is 9.38. The summed E-state index contributed by atoms with van der Waals surface area (Å²) in [4.78, 5) is 0. The molecule has 0 heterocycles. The van der Waals surface area contributed by atoms with Crippen LogP contribution >= 0.6 is 0 Å². The summed E-state index contributed by atoms with van der Waals surface area (Å²) >= 11 is 0. The molecule has 186 valence electrons. The second kappa shape index (κ2) is 8.25. The Morgan fingerprint density at radius 2 is 1.44 bits per heavy atom. The smallest absolute Gasteiger partial charge is 0.0656 e. The second-order valence-corrected chi connectivity index (χ2v) is 14.8. The molecule has 0 aromatic carbocycles. The van der Waals surface area contributed by atoms with Gasteiger partial charge in [-0.1, -0.05) is 67.7 Å². The zero-order valence-corrected chi connectivity index (χ0v) is 22.6. The maximum Gasteiger partial charge on any atom is 0.0656 e. The van der Waals surface area contributed by atoms with Gasteiger partial charge in [0, 0.05) is 0 Å². The van der Waals surface area contributed by atoms with Crippen molar-refractivity contribution in [3.05, 3.63) is 0 Å². The van der Waals surface area contributed by atoms with Gasteiger partial charge in [0.15, 0.2) is 0 Å². The van der Waals surface area contributed by atoms with Crippen LogP contribution in [0.1, 0.15) is 120 Å². The third kappa shape index (κ3) is 3.73. The van der Waals surface area contributed by atoms with E-state index in [2.05, 4.69) is 55.4 Å². The molecule has 4 aliphatic carbocycles. The molecule has 0 radical (unpaired) electrons. The molecule has 0 aliphatic heterocycles. The first-order chi connectivity index (χ1) is 14.7. The molecule has 0 amide bonds. The molecule has 2 nitrogen and oxygen atoms in total. The third-order valence-corrected chi connectivity index (χ3v) is 12.2. The van der Waals surface area contributed by atoms with Crippen molar-refractivity contribution in [1.29, 1.82) is 0 Å². The van der Waals surface area contributed by atoms with Gasteiger partial charge in [0.25, 0.3) is 0 Å². The van der Waals surface area contributed by atoms with E-state index in [-0.39, 0.29) is 16.9 Å². The molecule has 10 atom stereocenters. The summed E-state index contributed by atoms with van der Waals surface area (Å²) in [6, 6.07) is 0. The standard InChI is InChI=1S/C30H54O2/c1-19(2)10-9-11-20(3)21-12-13-22-26-23(14-16-28(21,22)6)29(7)17-15-25(31)27(4,5)24(29)18-30(26,8)32/h19-26,31-32H,9-18H2,1-8H3/t20-,21-,22+,23+,24+,25-,26+,28-,29-,30-/m1/s1. The molecule has 0 bridgehead atoms. The minimum Gasteiger partial charge on any atom is -0.393 e. The van der Waals surface area contributed by atoms with E-state index in [1.165, 1.54) is 44.9 Å². The highest BCUT2D eigenvalue weighted by molar-refractivity contribution is 5.17. The largest absolute Gasteiger partial charge is 0.393 e. The molecule has 4 saturated carbocycles. The van der Waals surface area contributed by atoms with Crippen LogP contribution in [0, 0.1) is 57.7 Å². The molecule has 2 N–H and O–H groups in total. The topological polar surface area (TPSA) is 40.5 Å². The Bertz CT molecular complexity index is 680. The van der Waals surface area contributed by atoms with Gasteiger partial charge in [-0.3, -0.25) is 0 Å². The Kier molecular flexibility index (Phi) is 6.45. The van der Waals surface area contributed by atoms with E-state index in [4.69, 9.17) is 0 Å². The quantitative estimate of drug-likeness (QED) is 0.460. The lowest BCUT2D eigenvalue weighted by Crippen LogP contribution is -2.66. The molecule has 0 unspecified atom stereocenters. The van der Waals surface area contributed by atoms with E-state index >= 15 is 0 Å². The molecule has 0 spiro atoms. The molecule has 32 heavy (non-hydrogen) atoms. The van der Waals surface area contributed by atoms with Crippen molar-refractivity contribution in [2.75, 3.05) is 0 Å². The molecule has 0 saturated heterocycles. The van der Waals surface area contributed by atoms with Crippen LogP contribution < -0.4 is 0 Å². The average molecular weight is 447 g/mol. The number of aliphatic hydroxyl groups excluding tert-OH is 1. The summed E-state index contributed by atoms with van der Waals surface area (Å²) in [7, 11) is 0. The van der Waals surface area contributed by atoms with Gasteiger partial charge in [0.05, 0.1) is 11.7 Å². The van der Waals surface area contributed by atoms with Crippen LogP contribution in [0.3, 0.4) is 0 Å². The van der Waals surface area contributed by atoms with E-state index in [1.807, 2.05) is 0 Å². The van der Waals surface area contributed by atoms with Crippen molar-refractivity contribution >= 4 is 0 Å². The maximum absolute atomic E-state index is 12.0. The zero-order valence-electron chi connectivity index (χ0n) is 22.6. The van der Waals surface area contributed by atoms with Crippen molar-refractivity contribution < 1.29 is 10.2 Å². The van der Waals surface area contributed by atoms with E-state index < -0.39 is 5.60 Å². The van der Waals surface area contributed by atoms with Crippen molar-refractivity contribution in [3.63, 3.8) is 0 Å². The Labute approximate surface area is 199 Å². The van der Waals surface area contributed by atoms with Crippen LogP contribution in [0.2, 0.25) is 0 Å². The molecular weight excluding hydrogens is 392 g/mol. The zero-order chi connectivity index (χ0) is 23.7. The highest BCUT2D eigenvalue weighted by atomic mass is 16.3. The van der Waals surface area contributed by atoms with E-state index in [0.717, 1.165) is 37.0 Å². The molecule has 0 aromatic heterocycles. The predicted octanol–water partition coefficient (Wildman–Crippen LogP) is 7.47. The highest BCUT2D eigenvalue weighted by Gasteiger charge is 2.68. The normalized spacial score (nSPS) is 51.1. The van der Waals surface area contributed by atoms with Gasteiger partial charge in [-0.05, 0) is 110 Å². The molecule has 4 rings (SSSR count). The lowest BCUT2D eigenvalue weighted by Gasteiger charge is -2.68. The number of rotatable bonds is 5. The molecular formula is C30H54O2. The molecule has 0 aromatic rings. The van der Waals surface area contributed by atoms with Gasteiger partial charge in [-0.2, -0.15) is 0 Å². The minimum absolute atomic E-state index is 0.105. The van der Waals surface area contributed by atoms with Crippen molar-refractivity contribution in [2.24, 2.45) is 57.7 Å². The molecule has 2 heteroatoms. The van der Waals surface area contributed by atoms with E-state index in [1.54, 1.807) is 0 Å². The number of hydrogen-bond acceptors (Lipinski definition) is 2. The van der Waals surface area contributed by atoms with Crippen molar-refractivity contribution in [3.8, 4) is 0 Å². The fourth-order valence-electron chi connectivity index (χ4n) is 10.3. The first-order valence-corrected chi connectivity index (χ1v) is 14.2. The van der Waals surface area contributed by atoms with Crippen LogP contribution in [0.5, 0.6) is 0 Å². The van der Waals surface area contributed by atoms with Crippen molar-refractivity contribution in [1.82, 2.24) is 0 Å². The third-order valence-electron chi connectivity index (χ3n) is 12.2. The Morgan fingerprint density at radius 1 is 0.812 bits per heavy atom. The summed E-state index contributed by atoms with van der Waals surface area (Å²) in [5, 5.41) is 22.9. The maximum atomic E-state index is 12.0. The number of hydrogen-bond donors (Lipinski definition) is 2. The van der Waals surface area contributed by atoms with Gasteiger partial charge >= 0.3 is 0 Å². The summed E-state index contributed by atoms with van der Waals surface area (Å²) in [5.74, 6) is 4.56. The van der Waals surface area contributed by atoms with Crippen LogP contribution in [-0.4, -0.2) is 21.9 Å². The Morgan fingerprint density at radius 3 is 2.09 bits per heavy atom. The summed E-state index contributed by atoms with van der Waals surface area (Å²) in [5.41, 5.74) is -0.0512. The van der Waals surface area contributed by atoms with Crippen molar-refractivity contribution in [2.45, 2.75) is 131 Å². The predicted molar refractivity (Wildman–Crippen MR) is 134 cm³/mol. The fourth-order valence-corrected chi connectivity index (χ4v) is 10.3. The lowest BCUT2D eigenvalue weighted by molar-refractivity contribution is -0.242. The van der Waals surface area contributed by atoms with Crippen LogP contribution in [0.15, 0.2) is 0 Å². The highest BCUT2D eigenvalue weighted by Crippen LogP contribution is 2.72. The van der Waals surface area contributed by atoms with E-state index in [0.29, 0.717) is 29.1 Å². The number of fused-ring (bicyclic) bond motifs is 5. The fraction of sp³-hybridized carbons (Fsp3) is 1.00. The van der Waals surface area contributed by atoms with Crippen LogP contribution in [0.25, 0.3) is 0 Å². The SMILES string of the molecule is CC(C)CCC[C@@H](C)[C@H]1CC[C@H]2[C@H]3[C@H](CC[C@]12C)[C@@]1(C)CC[C@@H](O)C(C)(C)[C@@H]1C[C@@]3(C)O. The van der Waals surface area contributed by atoms with Gasteiger partial charge in [0.2, 0.25) is 0 Å². The second-order valence-electron chi connectivity index (χ2n) is 14.8. The number of aliphatic hydroxyl groups is 2. The van der Waals surface area contributed by atoms with Crippen LogP contribution in [-0.2, 0) is 0 Å².